The summed E-state index contributed by atoms with van der Waals surface area (Å²) in [5.74, 6) is 0.623. The van der Waals surface area contributed by atoms with Crippen molar-refractivity contribution in [2.45, 2.75) is 40.7 Å². The molecule has 0 saturated carbocycles. The number of anilines is 1. The second-order valence-corrected chi connectivity index (χ2v) is 7.16. The molecule has 0 radical (unpaired) electrons. The Balaban J connectivity index is 2.11. The van der Waals surface area contributed by atoms with Gasteiger partial charge in [0.05, 0.1) is 0 Å². The Kier molecular flexibility index (Phi) is 5.68. The van der Waals surface area contributed by atoms with Crippen molar-refractivity contribution in [3.63, 3.8) is 0 Å². The fraction of sp³-hybridized carbons (Fsp3) is 0.316. The molecule has 0 aliphatic heterocycles. The van der Waals surface area contributed by atoms with Crippen molar-refractivity contribution < 1.29 is 9.53 Å². The molecule has 2 aromatic carbocycles. The summed E-state index contributed by atoms with van der Waals surface area (Å²) in [6, 6.07) is 10.0. The smallest absolute Gasteiger partial charge is 0.265 e. The number of benzene rings is 2. The Morgan fingerprint density at radius 1 is 1.09 bits per heavy atom. The molecule has 23 heavy (non-hydrogen) atoms. The molecule has 3 nitrogen and oxygen atoms in total. The number of hydrogen-bond donors (Lipinski definition) is 1. The quantitative estimate of drug-likeness (QED) is 0.709. The van der Waals surface area contributed by atoms with Crippen molar-refractivity contribution in [2.75, 3.05) is 5.32 Å². The number of halogens is 1. The number of aryl methyl sites for hydroxylation is 3. The van der Waals surface area contributed by atoms with Crippen LogP contribution in [0.2, 0.25) is 0 Å². The summed E-state index contributed by atoms with van der Waals surface area (Å²) < 4.78 is 7.04. The molecular weight excluding hydrogens is 401 g/mol. The third-order valence-corrected chi connectivity index (χ3v) is 4.55. The number of carbonyl (C=O) groups is 1. The molecule has 0 saturated heterocycles. The zero-order valence-electron chi connectivity index (χ0n) is 14.2. The number of rotatable bonds is 4. The molecule has 0 aliphatic carbocycles. The lowest BCUT2D eigenvalue weighted by atomic mass is 10.1. The van der Waals surface area contributed by atoms with Gasteiger partial charge >= 0.3 is 0 Å². The predicted octanol–water partition coefficient (Wildman–Crippen LogP) is 4.93. The average molecular weight is 423 g/mol. The first kappa shape index (κ1) is 17.8. The second kappa shape index (κ2) is 7.34. The molecule has 1 amide bonds. The van der Waals surface area contributed by atoms with Gasteiger partial charge in [-0.25, -0.2) is 0 Å². The van der Waals surface area contributed by atoms with Gasteiger partial charge in [0.25, 0.3) is 5.91 Å². The number of amides is 1. The van der Waals surface area contributed by atoms with E-state index in [0.29, 0.717) is 0 Å². The third kappa shape index (κ3) is 4.47. The maximum absolute atomic E-state index is 12.4. The lowest BCUT2D eigenvalue weighted by molar-refractivity contribution is -0.122. The molecule has 0 unspecified atom stereocenters. The molecule has 0 aromatic heterocycles. The van der Waals surface area contributed by atoms with E-state index < -0.39 is 6.10 Å². The molecule has 1 N–H and O–H groups in total. The van der Waals surface area contributed by atoms with Gasteiger partial charge in [0.1, 0.15) is 5.75 Å². The molecule has 0 aliphatic rings. The van der Waals surface area contributed by atoms with Crippen LogP contribution in [0.4, 0.5) is 5.69 Å². The summed E-state index contributed by atoms with van der Waals surface area (Å²) in [6.45, 7) is 9.84. The maximum Gasteiger partial charge on any atom is 0.265 e. The van der Waals surface area contributed by atoms with Crippen LogP contribution in [-0.2, 0) is 4.79 Å². The molecule has 2 aromatic rings. The van der Waals surface area contributed by atoms with Crippen LogP contribution >= 0.6 is 22.6 Å². The van der Waals surface area contributed by atoms with E-state index in [-0.39, 0.29) is 5.91 Å². The van der Waals surface area contributed by atoms with Crippen molar-refractivity contribution in [2.24, 2.45) is 0 Å². The first-order valence-corrected chi connectivity index (χ1v) is 8.67. The molecule has 1 atom stereocenters. The van der Waals surface area contributed by atoms with Crippen LogP contribution in [0.1, 0.15) is 29.2 Å². The van der Waals surface area contributed by atoms with E-state index >= 15 is 0 Å². The molecule has 0 fully saturated rings. The summed E-state index contributed by atoms with van der Waals surface area (Å²) in [4.78, 5) is 12.4. The van der Waals surface area contributed by atoms with Gasteiger partial charge in [-0.2, -0.15) is 0 Å². The zero-order chi connectivity index (χ0) is 17.1. The van der Waals surface area contributed by atoms with Gasteiger partial charge in [-0.15, -0.1) is 0 Å². The zero-order valence-corrected chi connectivity index (χ0v) is 16.3. The molecule has 122 valence electrons. The molecule has 0 bridgehead atoms. The highest BCUT2D eigenvalue weighted by molar-refractivity contribution is 14.1. The Labute approximate surface area is 151 Å². The average Bonchev–Trinajstić information content (AvgIpc) is 2.47. The normalized spacial score (nSPS) is 11.9. The molecule has 2 rings (SSSR count). The second-order valence-electron chi connectivity index (χ2n) is 5.91. The van der Waals surface area contributed by atoms with Crippen molar-refractivity contribution in [1.29, 1.82) is 0 Å². The van der Waals surface area contributed by atoms with Gasteiger partial charge in [-0.05, 0) is 104 Å². The van der Waals surface area contributed by atoms with Gasteiger partial charge in [0.15, 0.2) is 6.10 Å². The number of ether oxygens (including phenoxy) is 1. The monoisotopic (exact) mass is 423 g/mol. The minimum absolute atomic E-state index is 0.145. The third-order valence-electron chi connectivity index (χ3n) is 3.88. The van der Waals surface area contributed by atoms with Crippen LogP contribution in [-0.4, -0.2) is 12.0 Å². The van der Waals surface area contributed by atoms with Gasteiger partial charge in [-0.1, -0.05) is 6.07 Å². The first-order chi connectivity index (χ1) is 10.8. The van der Waals surface area contributed by atoms with Crippen molar-refractivity contribution in [1.82, 2.24) is 0 Å². The number of carbonyl (C=O) groups excluding carboxylic acids is 1. The van der Waals surface area contributed by atoms with E-state index in [2.05, 4.69) is 40.9 Å². The van der Waals surface area contributed by atoms with Gasteiger partial charge < -0.3 is 10.1 Å². The number of nitrogens with one attached hydrogen (secondary N) is 1. The van der Waals surface area contributed by atoms with Crippen LogP contribution in [0.5, 0.6) is 5.75 Å². The van der Waals surface area contributed by atoms with Gasteiger partial charge in [-0.3, -0.25) is 4.79 Å². The minimum atomic E-state index is -0.562. The van der Waals surface area contributed by atoms with Crippen LogP contribution < -0.4 is 10.1 Å². The summed E-state index contributed by atoms with van der Waals surface area (Å²) in [7, 11) is 0. The summed E-state index contributed by atoms with van der Waals surface area (Å²) >= 11 is 2.26. The predicted molar refractivity (Wildman–Crippen MR) is 103 cm³/mol. The van der Waals surface area contributed by atoms with Crippen LogP contribution in [0.3, 0.4) is 0 Å². The van der Waals surface area contributed by atoms with Crippen LogP contribution in [0.15, 0.2) is 30.3 Å². The lowest BCUT2D eigenvalue weighted by Crippen LogP contribution is -2.30. The van der Waals surface area contributed by atoms with E-state index in [1.807, 2.05) is 45.0 Å². The largest absolute Gasteiger partial charge is 0.481 e. The van der Waals surface area contributed by atoms with Gasteiger partial charge in [0.2, 0.25) is 0 Å². The molecular formula is C19H22INO2. The van der Waals surface area contributed by atoms with E-state index in [1.54, 1.807) is 6.92 Å². The Bertz CT molecular complexity index is 740. The lowest BCUT2D eigenvalue weighted by Gasteiger charge is -2.18. The maximum atomic E-state index is 12.4. The van der Waals surface area contributed by atoms with Crippen LogP contribution in [0, 0.1) is 31.3 Å². The van der Waals surface area contributed by atoms with E-state index in [9.17, 15) is 4.79 Å². The highest BCUT2D eigenvalue weighted by Gasteiger charge is 2.17. The molecule has 0 heterocycles. The highest BCUT2D eigenvalue weighted by atomic mass is 127. The standard InChI is InChI=1S/C19H22INO2/c1-11-8-12(2)14(4)18(9-11)23-15(5)19(22)21-17-7-6-16(20)10-13(17)3/h6-10,15H,1-5H3,(H,21,22)/t15-/m0/s1. The van der Waals surface area contributed by atoms with E-state index in [0.717, 1.165) is 31.7 Å². The summed E-state index contributed by atoms with van der Waals surface area (Å²) in [6.07, 6.45) is -0.562. The van der Waals surface area contributed by atoms with E-state index in [1.165, 1.54) is 5.56 Å². The fourth-order valence-corrected chi connectivity index (χ4v) is 3.02. The number of hydrogen-bond acceptors (Lipinski definition) is 2. The highest BCUT2D eigenvalue weighted by Crippen LogP contribution is 2.25. The van der Waals surface area contributed by atoms with Crippen molar-refractivity contribution >= 4 is 34.2 Å². The topological polar surface area (TPSA) is 38.3 Å². The van der Waals surface area contributed by atoms with Crippen molar-refractivity contribution in [3.8, 4) is 5.75 Å². The fourth-order valence-electron chi connectivity index (χ4n) is 2.37. The molecule has 0 spiro atoms. The summed E-state index contributed by atoms with van der Waals surface area (Å²) in [5, 5.41) is 2.94. The molecule has 4 heteroatoms. The first-order valence-electron chi connectivity index (χ1n) is 7.59. The van der Waals surface area contributed by atoms with E-state index in [4.69, 9.17) is 4.74 Å². The Morgan fingerprint density at radius 3 is 2.43 bits per heavy atom. The minimum Gasteiger partial charge on any atom is -0.481 e. The summed E-state index contributed by atoms with van der Waals surface area (Å²) in [5.41, 5.74) is 5.23. The van der Waals surface area contributed by atoms with Crippen molar-refractivity contribution in [3.05, 3.63) is 56.2 Å². The Hall–Kier alpha value is -1.56. The Morgan fingerprint density at radius 2 is 1.78 bits per heavy atom. The SMILES string of the molecule is Cc1cc(C)c(C)c(O[C@@H](C)C(=O)Nc2ccc(I)cc2C)c1. The van der Waals surface area contributed by atoms with Crippen LogP contribution in [0.25, 0.3) is 0 Å². The van der Waals surface area contributed by atoms with Gasteiger partial charge in [0, 0.05) is 9.26 Å².